The van der Waals surface area contributed by atoms with Crippen LogP contribution >= 0.6 is 11.6 Å². The average Bonchev–Trinajstić information content (AvgIpc) is 2.86. The van der Waals surface area contributed by atoms with Crippen molar-refractivity contribution in [1.29, 1.82) is 0 Å². The van der Waals surface area contributed by atoms with E-state index in [-0.39, 0.29) is 0 Å². The summed E-state index contributed by atoms with van der Waals surface area (Å²) in [4.78, 5) is 0. The summed E-state index contributed by atoms with van der Waals surface area (Å²) in [6, 6.07) is 34.8. The maximum absolute atomic E-state index is 6.33. The SMILES string of the molecule is Clc1ccc(CN/N=C\c2c(OCc3cccc4ccccc34)ccc3ccccc23)cc1. The zero-order valence-electron chi connectivity index (χ0n) is 18.0. The molecule has 0 spiro atoms. The molecular formula is C29H23ClN2O. The molecule has 0 aliphatic heterocycles. The smallest absolute Gasteiger partial charge is 0.129 e. The molecule has 0 saturated carbocycles. The van der Waals surface area contributed by atoms with Crippen molar-refractivity contribution < 1.29 is 4.74 Å². The molecule has 0 aromatic heterocycles. The lowest BCUT2D eigenvalue weighted by Crippen LogP contribution is -2.06. The third-order valence-electron chi connectivity index (χ3n) is 5.68. The Balaban J connectivity index is 1.40. The van der Waals surface area contributed by atoms with E-state index in [0.29, 0.717) is 13.2 Å². The predicted molar refractivity (Wildman–Crippen MR) is 138 cm³/mol. The minimum atomic E-state index is 0.485. The van der Waals surface area contributed by atoms with Crippen LogP contribution in [0.15, 0.2) is 108 Å². The van der Waals surface area contributed by atoms with Crippen molar-refractivity contribution in [2.24, 2.45) is 5.10 Å². The monoisotopic (exact) mass is 450 g/mol. The Hall–Kier alpha value is -3.82. The van der Waals surface area contributed by atoms with E-state index in [1.807, 2.05) is 48.7 Å². The highest BCUT2D eigenvalue weighted by Crippen LogP contribution is 2.28. The van der Waals surface area contributed by atoms with Gasteiger partial charge >= 0.3 is 0 Å². The standard InChI is InChI=1S/C29H23ClN2O/c30-25-15-12-21(13-16-25)18-31-32-19-28-27-11-4-2-7-23(27)14-17-29(28)33-20-24-9-5-8-22-6-1-3-10-26(22)24/h1-17,19,31H,18,20H2/b32-19-. The number of nitrogens with one attached hydrogen (secondary N) is 1. The fourth-order valence-corrected chi connectivity index (χ4v) is 4.08. The molecule has 0 fully saturated rings. The Morgan fingerprint density at radius 1 is 0.727 bits per heavy atom. The Morgan fingerprint density at radius 2 is 1.42 bits per heavy atom. The van der Waals surface area contributed by atoms with E-state index in [2.05, 4.69) is 71.2 Å². The lowest BCUT2D eigenvalue weighted by atomic mass is 10.0. The Bertz CT molecular complexity index is 1420. The maximum Gasteiger partial charge on any atom is 0.129 e. The van der Waals surface area contributed by atoms with E-state index < -0.39 is 0 Å². The van der Waals surface area contributed by atoms with Crippen molar-refractivity contribution in [1.82, 2.24) is 5.43 Å². The number of rotatable bonds is 7. The third kappa shape index (κ3) is 4.84. The van der Waals surface area contributed by atoms with Crippen LogP contribution in [-0.4, -0.2) is 6.21 Å². The summed E-state index contributed by atoms with van der Waals surface area (Å²) >= 11 is 5.97. The summed E-state index contributed by atoms with van der Waals surface area (Å²) in [5.41, 5.74) is 6.36. The molecule has 0 heterocycles. The van der Waals surface area contributed by atoms with Gasteiger partial charge in [-0.3, -0.25) is 0 Å². The van der Waals surface area contributed by atoms with E-state index in [9.17, 15) is 0 Å². The Labute approximate surface area is 198 Å². The summed E-state index contributed by atoms with van der Waals surface area (Å²) in [7, 11) is 0. The average molecular weight is 451 g/mol. The van der Waals surface area contributed by atoms with E-state index in [0.717, 1.165) is 38.2 Å². The van der Waals surface area contributed by atoms with Crippen LogP contribution in [0.2, 0.25) is 5.02 Å². The van der Waals surface area contributed by atoms with Crippen molar-refractivity contribution in [3.8, 4) is 5.75 Å². The second-order valence-corrected chi connectivity index (χ2v) is 8.28. The van der Waals surface area contributed by atoms with E-state index >= 15 is 0 Å². The number of halogens is 1. The molecule has 1 N–H and O–H groups in total. The molecule has 5 aromatic carbocycles. The molecule has 0 unspecified atom stereocenters. The van der Waals surface area contributed by atoms with Gasteiger partial charge in [-0.1, -0.05) is 96.5 Å². The first kappa shape index (κ1) is 21.0. The minimum Gasteiger partial charge on any atom is -0.488 e. The highest BCUT2D eigenvalue weighted by Gasteiger charge is 2.09. The molecular weight excluding hydrogens is 428 g/mol. The normalized spacial score (nSPS) is 11.3. The van der Waals surface area contributed by atoms with Gasteiger partial charge in [0.05, 0.1) is 12.8 Å². The van der Waals surface area contributed by atoms with Gasteiger partial charge in [0.25, 0.3) is 0 Å². The highest BCUT2D eigenvalue weighted by molar-refractivity contribution is 6.30. The van der Waals surface area contributed by atoms with Crippen molar-refractivity contribution in [2.45, 2.75) is 13.2 Å². The summed E-state index contributed by atoms with van der Waals surface area (Å²) in [5.74, 6) is 0.804. The largest absolute Gasteiger partial charge is 0.488 e. The number of hydrazone groups is 1. The second-order valence-electron chi connectivity index (χ2n) is 7.85. The van der Waals surface area contributed by atoms with Crippen molar-refractivity contribution in [3.05, 3.63) is 125 Å². The van der Waals surface area contributed by atoms with Crippen LogP contribution in [0, 0.1) is 0 Å². The number of hydrogen-bond donors (Lipinski definition) is 1. The van der Waals surface area contributed by atoms with Crippen molar-refractivity contribution >= 4 is 39.4 Å². The molecule has 162 valence electrons. The van der Waals surface area contributed by atoms with Crippen LogP contribution in [0.25, 0.3) is 21.5 Å². The molecule has 0 bridgehead atoms. The van der Waals surface area contributed by atoms with Crippen LogP contribution in [0.3, 0.4) is 0 Å². The van der Waals surface area contributed by atoms with Gasteiger partial charge in [-0.25, -0.2) is 0 Å². The quantitative estimate of drug-likeness (QED) is 0.208. The molecule has 3 nitrogen and oxygen atoms in total. The molecule has 0 saturated heterocycles. The second kappa shape index (κ2) is 9.76. The van der Waals surface area contributed by atoms with E-state index in [4.69, 9.17) is 16.3 Å². The van der Waals surface area contributed by atoms with Gasteiger partial charge in [-0.15, -0.1) is 0 Å². The molecule has 5 aromatic rings. The van der Waals surface area contributed by atoms with Gasteiger partial charge in [0.2, 0.25) is 0 Å². The maximum atomic E-state index is 6.33. The number of ether oxygens (including phenoxy) is 1. The zero-order valence-corrected chi connectivity index (χ0v) is 18.8. The zero-order chi connectivity index (χ0) is 22.5. The topological polar surface area (TPSA) is 33.6 Å². The van der Waals surface area contributed by atoms with Gasteiger partial charge in [0.15, 0.2) is 0 Å². The number of fused-ring (bicyclic) bond motifs is 2. The minimum absolute atomic E-state index is 0.485. The van der Waals surface area contributed by atoms with E-state index in [1.165, 1.54) is 10.8 Å². The van der Waals surface area contributed by atoms with Crippen LogP contribution < -0.4 is 10.2 Å². The molecule has 0 radical (unpaired) electrons. The Kier molecular flexibility index (Phi) is 6.23. The first-order valence-corrected chi connectivity index (χ1v) is 11.3. The molecule has 4 heteroatoms. The van der Waals surface area contributed by atoms with Crippen molar-refractivity contribution in [3.63, 3.8) is 0 Å². The van der Waals surface area contributed by atoms with Gasteiger partial charge < -0.3 is 10.2 Å². The lowest BCUT2D eigenvalue weighted by Gasteiger charge is -2.13. The van der Waals surface area contributed by atoms with Crippen LogP contribution in [0.5, 0.6) is 5.75 Å². The molecule has 0 atom stereocenters. The molecule has 0 aliphatic rings. The number of hydrogen-bond acceptors (Lipinski definition) is 3. The molecule has 0 aliphatic carbocycles. The summed E-state index contributed by atoms with van der Waals surface area (Å²) in [6.45, 7) is 1.10. The first-order valence-electron chi connectivity index (χ1n) is 10.9. The summed E-state index contributed by atoms with van der Waals surface area (Å²) < 4.78 is 6.33. The highest BCUT2D eigenvalue weighted by atomic mass is 35.5. The number of benzene rings is 5. The molecule has 33 heavy (non-hydrogen) atoms. The third-order valence-corrected chi connectivity index (χ3v) is 5.93. The Morgan fingerprint density at radius 3 is 2.24 bits per heavy atom. The fraction of sp³-hybridized carbons (Fsp3) is 0.0690. The van der Waals surface area contributed by atoms with Crippen molar-refractivity contribution in [2.75, 3.05) is 0 Å². The summed E-state index contributed by atoms with van der Waals surface area (Å²) in [6.07, 6.45) is 1.84. The van der Waals surface area contributed by atoms with Crippen LogP contribution in [-0.2, 0) is 13.2 Å². The van der Waals surface area contributed by atoms with Gasteiger partial charge in [0.1, 0.15) is 12.4 Å². The molecule has 5 rings (SSSR count). The summed E-state index contributed by atoms with van der Waals surface area (Å²) in [5, 5.41) is 9.89. The first-order chi connectivity index (χ1) is 16.3. The predicted octanol–water partition coefficient (Wildman–Crippen LogP) is 7.35. The molecule has 0 amide bonds. The fourth-order valence-electron chi connectivity index (χ4n) is 3.96. The van der Waals surface area contributed by atoms with Crippen LogP contribution in [0.4, 0.5) is 0 Å². The van der Waals surface area contributed by atoms with Crippen LogP contribution in [0.1, 0.15) is 16.7 Å². The van der Waals surface area contributed by atoms with E-state index in [1.54, 1.807) is 0 Å². The van der Waals surface area contributed by atoms with Gasteiger partial charge in [0, 0.05) is 10.6 Å². The number of nitrogens with zero attached hydrogens (tertiary/aromatic N) is 1. The van der Waals surface area contributed by atoms with Gasteiger partial charge in [-0.05, 0) is 50.9 Å². The lowest BCUT2D eigenvalue weighted by molar-refractivity contribution is 0.307. The van der Waals surface area contributed by atoms with Gasteiger partial charge in [-0.2, -0.15) is 5.10 Å².